The molecule has 0 amide bonds. The van der Waals surface area contributed by atoms with Crippen LogP contribution in [0, 0.1) is 5.82 Å². The van der Waals surface area contributed by atoms with Gasteiger partial charge < -0.3 is 10.1 Å². The van der Waals surface area contributed by atoms with E-state index in [0.717, 1.165) is 0 Å². The summed E-state index contributed by atoms with van der Waals surface area (Å²) in [5.41, 5.74) is 0.663. The molecule has 2 nitrogen and oxygen atoms in total. The number of hydrogen-bond acceptors (Lipinski definition) is 2. The van der Waals surface area contributed by atoms with Gasteiger partial charge in [0.1, 0.15) is 5.82 Å². The van der Waals surface area contributed by atoms with Crippen LogP contribution in [0.4, 0.5) is 10.1 Å². The predicted molar refractivity (Wildman–Crippen MR) is 61.0 cm³/mol. The van der Waals surface area contributed by atoms with E-state index in [2.05, 4.69) is 5.32 Å². The third kappa shape index (κ3) is 3.68. The molecule has 0 fully saturated rings. The van der Waals surface area contributed by atoms with Gasteiger partial charge in [-0.2, -0.15) is 0 Å². The monoisotopic (exact) mass is 231 g/mol. The van der Waals surface area contributed by atoms with Crippen molar-refractivity contribution in [3.63, 3.8) is 0 Å². The van der Waals surface area contributed by atoms with Crippen molar-refractivity contribution in [1.82, 2.24) is 0 Å². The fraction of sp³-hybridized carbons (Fsp3) is 0.455. The average Bonchev–Trinajstić information content (AvgIpc) is 2.14. The molecule has 1 aromatic carbocycles. The minimum Gasteiger partial charge on any atom is -0.380 e. The molecule has 15 heavy (non-hydrogen) atoms. The van der Waals surface area contributed by atoms with E-state index >= 15 is 0 Å². The topological polar surface area (TPSA) is 21.3 Å². The first kappa shape index (κ1) is 12.3. The first-order chi connectivity index (χ1) is 7.02. The van der Waals surface area contributed by atoms with Crippen molar-refractivity contribution in [2.75, 3.05) is 12.4 Å². The second-order valence-electron chi connectivity index (χ2n) is 3.53. The third-order valence-corrected chi connectivity index (χ3v) is 2.55. The lowest BCUT2D eigenvalue weighted by Crippen LogP contribution is -2.29. The van der Waals surface area contributed by atoms with Crippen molar-refractivity contribution in [1.29, 1.82) is 0 Å². The van der Waals surface area contributed by atoms with Crippen molar-refractivity contribution in [3.05, 3.63) is 29.0 Å². The van der Waals surface area contributed by atoms with Crippen molar-refractivity contribution >= 4 is 17.3 Å². The summed E-state index contributed by atoms with van der Waals surface area (Å²) in [5.74, 6) is -0.345. The molecular formula is C11H15ClFNO. The van der Waals surface area contributed by atoms with Crippen LogP contribution in [0.1, 0.15) is 13.8 Å². The van der Waals surface area contributed by atoms with Gasteiger partial charge in [-0.05, 0) is 32.0 Å². The van der Waals surface area contributed by atoms with Crippen LogP contribution < -0.4 is 5.32 Å². The van der Waals surface area contributed by atoms with Gasteiger partial charge in [0.05, 0.1) is 6.10 Å². The number of nitrogens with one attached hydrogen (secondary N) is 1. The Morgan fingerprint density at radius 1 is 1.33 bits per heavy atom. The number of hydrogen-bond donors (Lipinski definition) is 1. The van der Waals surface area contributed by atoms with Crippen LogP contribution >= 0.6 is 11.6 Å². The molecule has 0 heterocycles. The largest absolute Gasteiger partial charge is 0.380 e. The molecule has 0 bridgehead atoms. The van der Waals surface area contributed by atoms with Gasteiger partial charge in [0.25, 0.3) is 0 Å². The summed E-state index contributed by atoms with van der Waals surface area (Å²) in [5, 5.41) is 3.51. The van der Waals surface area contributed by atoms with Gasteiger partial charge in [0.15, 0.2) is 0 Å². The molecule has 0 saturated heterocycles. The van der Waals surface area contributed by atoms with Crippen LogP contribution in [0.25, 0.3) is 0 Å². The van der Waals surface area contributed by atoms with Crippen LogP contribution in [0.15, 0.2) is 18.2 Å². The zero-order chi connectivity index (χ0) is 11.4. The highest BCUT2D eigenvalue weighted by Crippen LogP contribution is 2.19. The predicted octanol–water partition coefficient (Wildman–Crippen LogP) is 3.31. The van der Waals surface area contributed by atoms with Gasteiger partial charge in [0.2, 0.25) is 0 Å². The Morgan fingerprint density at radius 2 is 2.00 bits per heavy atom. The fourth-order valence-electron chi connectivity index (χ4n) is 1.22. The van der Waals surface area contributed by atoms with Crippen LogP contribution in [0.3, 0.4) is 0 Å². The number of rotatable bonds is 4. The summed E-state index contributed by atoms with van der Waals surface area (Å²) in [7, 11) is 1.64. The number of anilines is 1. The molecule has 0 spiro atoms. The smallest absolute Gasteiger partial charge is 0.126 e. The van der Waals surface area contributed by atoms with Gasteiger partial charge in [-0.15, -0.1) is 0 Å². The molecule has 0 aromatic heterocycles. The first-order valence-electron chi connectivity index (χ1n) is 4.78. The lowest BCUT2D eigenvalue weighted by Gasteiger charge is -2.21. The molecule has 84 valence electrons. The summed E-state index contributed by atoms with van der Waals surface area (Å²) in [4.78, 5) is 0. The maximum absolute atomic E-state index is 13.0. The van der Waals surface area contributed by atoms with Crippen LogP contribution in [-0.2, 0) is 4.74 Å². The Kier molecular flexibility index (Phi) is 4.36. The molecule has 2 unspecified atom stereocenters. The van der Waals surface area contributed by atoms with Crippen molar-refractivity contribution in [2.45, 2.75) is 26.0 Å². The molecule has 1 N–H and O–H groups in total. The SMILES string of the molecule is COC(C)C(C)Nc1cc(F)cc(Cl)c1. The number of halogens is 2. The molecule has 0 aliphatic rings. The van der Waals surface area contributed by atoms with E-state index in [1.807, 2.05) is 13.8 Å². The molecule has 0 radical (unpaired) electrons. The quantitative estimate of drug-likeness (QED) is 0.859. The van der Waals surface area contributed by atoms with E-state index < -0.39 is 0 Å². The molecule has 0 aliphatic carbocycles. The highest BCUT2D eigenvalue weighted by Gasteiger charge is 2.11. The third-order valence-electron chi connectivity index (χ3n) is 2.33. The minimum atomic E-state index is -0.345. The highest BCUT2D eigenvalue weighted by atomic mass is 35.5. The Morgan fingerprint density at radius 3 is 2.53 bits per heavy atom. The van der Waals surface area contributed by atoms with Crippen LogP contribution in [0.5, 0.6) is 0 Å². The van der Waals surface area contributed by atoms with E-state index in [9.17, 15) is 4.39 Å². The van der Waals surface area contributed by atoms with Gasteiger partial charge in [-0.1, -0.05) is 11.6 Å². The highest BCUT2D eigenvalue weighted by molar-refractivity contribution is 6.30. The molecule has 2 atom stereocenters. The maximum Gasteiger partial charge on any atom is 0.126 e. The Hall–Kier alpha value is -0.800. The summed E-state index contributed by atoms with van der Waals surface area (Å²) in [6.07, 6.45) is 0.0482. The summed E-state index contributed by atoms with van der Waals surface area (Å²) >= 11 is 5.74. The lowest BCUT2D eigenvalue weighted by molar-refractivity contribution is 0.106. The molecule has 0 aliphatic heterocycles. The zero-order valence-corrected chi connectivity index (χ0v) is 9.81. The average molecular weight is 232 g/mol. The van der Waals surface area contributed by atoms with E-state index in [1.165, 1.54) is 12.1 Å². The minimum absolute atomic E-state index is 0.0482. The molecule has 1 rings (SSSR count). The van der Waals surface area contributed by atoms with Crippen molar-refractivity contribution in [3.8, 4) is 0 Å². The fourth-order valence-corrected chi connectivity index (χ4v) is 1.44. The number of ether oxygens (including phenoxy) is 1. The maximum atomic E-state index is 13.0. The van der Waals surface area contributed by atoms with E-state index in [-0.39, 0.29) is 18.0 Å². The van der Waals surface area contributed by atoms with Crippen molar-refractivity contribution in [2.24, 2.45) is 0 Å². The molecular weight excluding hydrogens is 217 g/mol. The summed E-state index contributed by atoms with van der Waals surface area (Å²) in [6, 6.07) is 4.46. The van der Waals surface area contributed by atoms with E-state index in [4.69, 9.17) is 16.3 Å². The second kappa shape index (κ2) is 5.33. The second-order valence-corrected chi connectivity index (χ2v) is 3.97. The molecule has 4 heteroatoms. The van der Waals surface area contributed by atoms with Gasteiger partial charge >= 0.3 is 0 Å². The van der Waals surface area contributed by atoms with E-state index in [0.29, 0.717) is 10.7 Å². The number of benzene rings is 1. The van der Waals surface area contributed by atoms with E-state index in [1.54, 1.807) is 13.2 Å². The Bertz CT molecular complexity index is 312. The normalized spacial score (nSPS) is 14.7. The zero-order valence-electron chi connectivity index (χ0n) is 9.05. The standard InChI is InChI=1S/C11H15ClFNO/c1-7(8(2)15-3)14-11-5-9(12)4-10(13)6-11/h4-8,14H,1-3H3. The summed E-state index contributed by atoms with van der Waals surface area (Å²) < 4.78 is 18.2. The van der Waals surface area contributed by atoms with Crippen LogP contribution in [0.2, 0.25) is 5.02 Å². The van der Waals surface area contributed by atoms with Crippen molar-refractivity contribution < 1.29 is 9.13 Å². The summed E-state index contributed by atoms with van der Waals surface area (Å²) in [6.45, 7) is 3.91. The van der Waals surface area contributed by atoms with Gasteiger partial charge in [-0.25, -0.2) is 4.39 Å². The van der Waals surface area contributed by atoms with Gasteiger partial charge in [-0.3, -0.25) is 0 Å². The van der Waals surface area contributed by atoms with Gasteiger partial charge in [0, 0.05) is 23.9 Å². The first-order valence-corrected chi connectivity index (χ1v) is 5.16. The Labute approximate surface area is 94.4 Å². The number of methoxy groups -OCH3 is 1. The Balaban J connectivity index is 2.72. The lowest BCUT2D eigenvalue weighted by atomic mass is 10.2. The molecule has 0 saturated carbocycles. The van der Waals surface area contributed by atoms with Crippen LogP contribution in [-0.4, -0.2) is 19.3 Å². The molecule has 1 aromatic rings.